The van der Waals surface area contributed by atoms with E-state index >= 15 is 0 Å². The van der Waals surface area contributed by atoms with Crippen LogP contribution in [0.3, 0.4) is 0 Å². The molecule has 2 N–H and O–H groups in total. The average Bonchev–Trinajstić information content (AvgIpc) is 2.83. The number of rotatable bonds is 3. The molecular formula is C15H16BrNOS. The van der Waals surface area contributed by atoms with Gasteiger partial charge in [-0.1, -0.05) is 24.3 Å². The normalized spacial score (nSPS) is 20.0. The minimum Gasteiger partial charge on any atom is -0.372 e. The molecule has 1 aromatic carbocycles. The summed E-state index contributed by atoms with van der Waals surface area (Å²) in [6.45, 7) is 0.767. The monoisotopic (exact) mass is 337 g/mol. The molecule has 0 radical (unpaired) electrons. The van der Waals surface area contributed by atoms with E-state index in [4.69, 9.17) is 10.5 Å². The van der Waals surface area contributed by atoms with E-state index in [-0.39, 0.29) is 12.1 Å². The van der Waals surface area contributed by atoms with Crippen LogP contribution in [-0.4, -0.2) is 12.6 Å². The van der Waals surface area contributed by atoms with Crippen molar-refractivity contribution < 1.29 is 4.74 Å². The fourth-order valence-corrected chi connectivity index (χ4v) is 4.10. The van der Waals surface area contributed by atoms with E-state index in [9.17, 15) is 0 Å². The lowest BCUT2D eigenvalue weighted by Crippen LogP contribution is -2.35. The summed E-state index contributed by atoms with van der Waals surface area (Å²) in [4.78, 5) is 1.30. The smallest absolute Gasteiger partial charge is 0.0982 e. The number of ether oxygens (including phenoxy) is 1. The van der Waals surface area contributed by atoms with Crippen LogP contribution in [0.4, 0.5) is 0 Å². The maximum atomic E-state index is 6.37. The lowest BCUT2D eigenvalue weighted by Gasteiger charge is -2.30. The van der Waals surface area contributed by atoms with Gasteiger partial charge in [0.1, 0.15) is 0 Å². The van der Waals surface area contributed by atoms with Gasteiger partial charge < -0.3 is 10.5 Å². The van der Waals surface area contributed by atoms with E-state index < -0.39 is 0 Å². The molecule has 0 aliphatic carbocycles. The average molecular weight is 338 g/mol. The summed E-state index contributed by atoms with van der Waals surface area (Å²) in [5.41, 5.74) is 9.01. The standard InChI is InChI=1S/C15H16BrNOS/c16-11-7-12(19-9-11)8-14(17)15-13-4-2-1-3-10(13)5-6-18-15/h1-4,7,9,14-15H,5-6,8,17H2. The number of benzene rings is 1. The summed E-state index contributed by atoms with van der Waals surface area (Å²) < 4.78 is 7.04. The summed E-state index contributed by atoms with van der Waals surface area (Å²) in [6.07, 6.45) is 1.87. The van der Waals surface area contributed by atoms with Crippen molar-refractivity contribution in [2.24, 2.45) is 5.73 Å². The highest BCUT2D eigenvalue weighted by Crippen LogP contribution is 2.31. The molecule has 4 heteroatoms. The predicted octanol–water partition coefficient (Wildman–Crippen LogP) is 3.69. The van der Waals surface area contributed by atoms with Crippen LogP contribution in [0.1, 0.15) is 22.1 Å². The maximum Gasteiger partial charge on any atom is 0.0982 e. The van der Waals surface area contributed by atoms with Crippen molar-refractivity contribution in [1.82, 2.24) is 0 Å². The first kappa shape index (κ1) is 13.3. The Morgan fingerprint density at radius 1 is 1.42 bits per heavy atom. The van der Waals surface area contributed by atoms with Crippen molar-refractivity contribution in [2.45, 2.75) is 25.0 Å². The highest BCUT2D eigenvalue weighted by molar-refractivity contribution is 9.10. The molecule has 100 valence electrons. The lowest BCUT2D eigenvalue weighted by atomic mass is 9.92. The van der Waals surface area contributed by atoms with Gasteiger partial charge in [0.25, 0.3) is 0 Å². The molecular weight excluding hydrogens is 322 g/mol. The van der Waals surface area contributed by atoms with Gasteiger partial charge in [-0.3, -0.25) is 0 Å². The van der Waals surface area contributed by atoms with Crippen molar-refractivity contribution in [3.8, 4) is 0 Å². The van der Waals surface area contributed by atoms with Crippen LogP contribution in [0.25, 0.3) is 0 Å². The van der Waals surface area contributed by atoms with Gasteiger partial charge in [-0.2, -0.15) is 0 Å². The Morgan fingerprint density at radius 2 is 2.26 bits per heavy atom. The number of fused-ring (bicyclic) bond motifs is 1. The van der Waals surface area contributed by atoms with Crippen molar-refractivity contribution in [2.75, 3.05) is 6.61 Å². The Balaban J connectivity index is 1.79. The zero-order valence-electron chi connectivity index (χ0n) is 10.5. The van der Waals surface area contributed by atoms with Crippen molar-refractivity contribution in [3.05, 3.63) is 56.2 Å². The fraction of sp³-hybridized carbons (Fsp3) is 0.333. The molecule has 2 unspecified atom stereocenters. The summed E-state index contributed by atoms with van der Waals surface area (Å²) in [5.74, 6) is 0. The van der Waals surface area contributed by atoms with Gasteiger partial charge in [0.15, 0.2) is 0 Å². The van der Waals surface area contributed by atoms with Crippen molar-refractivity contribution in [1.29, 1.82) is 0 Å². The van der Waals surface area contributed by atoms with Gasteiger partial charge in [-0.15, -0.1) is 11.3 Å². The first-order valence-corrected chi connectivity index (χ1v) is 8.09. The third-order valence-corrected chi connectivity index (χ3v) is 5.20. The third-order valence-electron chi connectivity index (χ3n) is 3.48. The largest absolute Gasteiger partial charge is 0.372 e. The van der Waals surface area contributed by atoms with Crippen LogP contribution < -0.4 is 5.73 Å². The van der Waals surface area contributed by atoms with Crippen LogP contribution in [0.15, 0.2) is 40.2 Å². The molecule has 2 atom stereocenters. The van der Waals surface area contributed by atoms with Crippen LogP contribution in [0, 0.1) is 0 Å². The van der Waals surface area contributed by atoms with Gasteiger partial charge in [0.2, 0.25) is 0 Å². The van der Waals surface area contributed by atoms with E-state index in [1.54, 1.807) is 11.3 Å². The molecule has 2 nitrogen and oxygen atoms in total. The molecule has 3 rings (SSSR count). The van der Waals surface area contributed by atoms with Crippen LogP contribution >= 0.6 is 27.3 Å². The van der Waals surface area contributed by atoms with E-state index in [2.05, 4.69) is 51.6 Å². The molecule has 0 fully saturated rings. The molecule has 1 aromatic heterocycles. The first-order valence-electron chi connectivity index (χ1n) is 6.42. The van der Waals surface area contributed by atoms with Gasteiger partial charge in [0, 0.05) is 20.8 Å². The van der Waals surface area contributed by atoms with E-state index in [0.717, 1.165) is 23.9 Å². The quantitative estimate of drug-likeness (QED) is 0.926. The molecule has 0 saturated heterocycles. The molecule has 19 heavy (non-hydrogen) atoms. The Morgan fingerprint density at radius 3 is 3.05 bits per heavy atom. The van der Waals surface area contributed by atoms with Gasteiger partial charge >= 0.3 is 0 Å². The number of nitrogens with two attached hydrogens (primary N) is 1. The van der Waals surface area contributed by atoms with Crippen molar-refractivity contribution >= 4 is 27.3 Å². The van der Waals surface area contributed by atoms with Crippen LogP contribution in [-0.2, 0) is 17.6 Å². The van der Waals surface area contributed by atoms with Gasteiger partial charge in [0.05, 0.1) is 12.7 Å². The Labute approximate surface area is 125 Å². The number of hydrogen-bond acceptors (Lipinski definition) is 3. The Bertz CT molecular complexity index is 569. The Hall–Kier alpha value is -0.680. The highest BCUT2D eigenvalue weighted by atomic mass is 79.9. The van der Waals surface area contributed by atoms with Gasteiger partial charge in [-0.05, 0) is 46.0 Å². The highest BCUT2D eigenvalue weighted by Gasteiger charge is 2.26. The molecule has 1 aliphatic rings. The topological polar surface area (TPSA) is 35.2 Å². The van der Waals surface area contributed by atoms with E-state index in [0.29, 0.717) is 0 Å². The summed E-state index contributed by atoms with van der Waals surface area (Å²) in [5, 5.41) is 2.09. The van der Waals surface area contributed by atoms with Gasteiger partial charge in [-0.25, -0.2) is 0 Å². The third kappa shape index (κ3) is 2.92. The molecule has 0 spiro atoms. The molecule has 2 aromatic rings. The van der Waals surface area contributed by atoms with Crippen LogP contribution in [0.5, 0.6) is 0 Å². The minimum absolute atomic E-state index is 0.00648. The zero-order valence-corrected chi connectivity index (χ0v) is 12.9. The molecule has 0 saturated carbocycles. The molecule has 1 aliphatic heterocycles. The second-order valence-electron chi connectivity index (χ2n) is 4.84. The fourth-order valence-electron chi connectivity index (χ4n) is 2.58. The second kappa shape index (κ2) is 5.75. The summed E-state index contributed by atoms with van der Waals surface area (Å²) in [6, 6.07) is 10.6. The molecule has 0 bridgehead atoms. The summed E-state index contributed by atoms with van der Waals surface area (Å²) >= 11 is 5.22. The van der Waals surface area contributed by atoms with E-state index in [1.165, 1.54) is 16.0 Å². The molecule has 0 amide bonds. The number of halogens is 1. The maximum absolute atomic E-state index is 6.37. The predicted molar refractivity (Wildman–Crippen MR) is 82.5 cm³/mol. The second-order valence-corrected chi connectivity index (χ2v) is 6.75. The van der Waals surface area contributed by atoms with E-state index in [1.807, 2.05) is 0 Å². The SMILES string of the molecule is NC(Cc1cc(Br)cs1)C1OCCc2ccccc21. The number of thiophene rings is 1. The zero-order chi connectivity index (χ0) is 13.2. The number of hydrogen-bond donors (Lipinski definition) is 1. The summed E-state index contributed by atoms with van der Waals surface area (Å²) in [7, 11) is 0. The first-order chi connectivity index (χ1) is 9.24. The molecule has 2 heterocycles. The van der Waals surface area contributed by atoms with Crippen molar-refractivity contribution in [3.63, 3.8) is 0 Å². The Kier molecular flexibility index (Phi) is 4.03. The minimum atomic E-state index is 0.00648. The van der Waals surface area contributed by atoms with Crippen LogP contribution in [0.2, 0.25) is 0 Å². The lowest BCUT2D eigenvalue weighted by molar-refractivity contribution is 0.0248.